The number of nitrogens with one attached hydrogen (secondary N) is 1. The Morgan fingerprint density at radius 1 is 1.17 bits per heavy atom. The van der Waals surface area contributed by atoms with Gasteiger partial charge in [0.15, 0.2) is 4.96 Å². The third-order valence-corrected chi connectivity index (χ3v) is 5.04. The van der Waals surface area contributed by atoms with E-state index in [1.165, 1.54) is 46.1 Å². The van der Waals surface area contributed by atoms with E-state index >= 15 is 0 Å². The second-order valence-corrected chi connectivity index (χ2v) is 7.57. The van der Waals surface area contributed by atoms with E-state index in [9.17, 15) is 14.0 Å². The predicted molar refractivity (Wildman–Crippen MR) is 109 cm³/mol. The molecule has 0 aliphatic heterocycles. The summed E-state index contributed by atoms with van der Waals surface area (Å²) in [6.45, 7) is 2.08. The molecule has 0 unspecified atom stereocenters. The van der Waals surface area contributed by atoms with Crippen LogP contribution >= 0.6 is 11.3 Å². The standard InChI is InChI=1S/C21H16FN3O3S/c1-13-11-25-19(26)10-17(24-21(25)29-13)12-28-18-8-6-16(7-9-18)23-20(27)14-2-4-15(22)5-3-14/h2-11H,12H2,1H3,(H,23,27). The fourth-order valence-corrected chi connectivity index (χ4v) is 3.58. The van der Waals surface area contributed by atoms with Gasteiger partial charge in [-0.1, -0.05) is 0 Å². The van der Waals surface area contributed by atoms with Crippen LogP contribution in [0.5, 0.6) is 5.75 Å². The van der Waals surface area contributed by atoms with Crippen molar-refractivity contribution in [2.24, 2.45) is 0 Å². The summed E-state index contributed by atoms with van der Waals surface area (Å²) in [7, 11) is 0. The van der Waals surface area contributed by atoms with E-state index in [2.05, 4.69) is 10.3 Å². The van der Waals surface area contributed by atoms with Crippen molar-refractivity contribution < 1.29 is 13.9 Å². The van der Waals surface area contributed by atoms with E-state index in [1.54, 1.807) is 30.5 Å². The van der Waals surface area contributed by atoms with Crippen LogP contribution in [-0.2, 0) is 6.61 Å². The number of ether oxygens (including phenoxy) is 1. The summed E-state index contributed by atoms with van der Waals surface area (Å²) in [5.41, 5.74) is 1.35. The molecule has 8 heteroatoms. The maximum atomic E-state index is 12.9. The van der Waals surface area contributed by atoms with E-state index < -0.39 is 5.82 Å². The van der Waals surface area contributed by atoms with Crippen molar-refractivity contribution in [1.29, 1.82) is 0 Å². The molecule has 0 saturated carbocycles. The van der Waals surface area contributed by atoms with E-state index in [1.807, 2.05) is 6.92 Å². The molecule has 29 heavy (non-hydrogen) atoms. The number of aromatic nitrogens is 2. The van der Waals surface area contributed by atoms with Crippen LogP contribution in [0, 0.1) is 12.7 Å². The maximum absolute atomic E-state index is 12.9. The van der Waals surface area contributed by atoms with Crippen LogP contribution in [0.25, 0.3) is 4.96 Å². The number of thiazole rings is 1. The maximum Gasteiger partial charge on any atom is 0.258 e. The minimum atomic E-state index is -0.395. The van der Waals surface area contributed by atoms with Gasteiger partial charge in [0, 0.05) is 28.4 Å². The third-order valence-electron chi connectivity index (χ3n) is 4.14. The molecule has 4 rings (SSSR count). The molecule has 0 fully saturated rings. The lowest BCUT2D eigenvalue weighted by Crippen LogP contribution is -2.14. The van der Waals surface area contributed by atoms with Gasteiger partial charge in [0.1, 0.15) is 18.2 Å². The van der Waals surface area contributed by atoms with E-state index in [4.69, 9.17) is 4.74 Å². The molecule has 0 bridgehead atoms. The first-order valence-electron chi connectivity index (χ1n) is 8.76. The van der Waals surface area contributed by atoms with Gasteiger partial charge in [-0.05, 0) is 55.5 Å². The number of amides is 1. The first-order chi connectivity index (χ1) is 14.0. The van der Waals surface area contributed by atoms with Gasteiger partial charge in [-0.25, -0.2) is 9.37 Å². The molecule has 6 nitrogen and oxygen atoms in total. The minimum absolute atomic E-state index is 0.142. The van der Waals surface area contributed by atoms with Crippen LogP contribution in [0.3, 0.4) is 0 Å². The SMILES string of the molecule is Cc1cn2c(=O)cc(COc3ccc(NC(=O)c4ccc(F)cc4)cc3)nc2s1. The zero-order valence-electron chi connectivity index (χ0n) is 15.4. The minimum Gasteiger partial charge on any atom is -0.487 e. The second kappa shape index (κ2) is 7.84. The molecule has 4 aromatic rings. The van der Waals surface area contributed by atoms with Crippen molar-refractivity contribution >= 4 is 27.9 Å². The van der Waals surface area contributed by atoms with Crippen molar-refractivity contribution in [3.8, 4) is 5.75 Å². The number of benzene rings is 2. The summed E-state index contributed by atoms with van der Waals surface area (Å²) in [6.07, 6.45) is 1.76. The zero-order valence-corrected chi connectivity index (χ0v) is 16.2. The summed E-state index contributed by atoms with van der Waals surface area (Å²) in [4.78, 5) is 30.4. The topological polar surface area (TPSA) is 72.7 Å². The monoisotopic (exact) mass is 409 g/mol. The summed E-state index contributed by atoms with van der Waals surface area (Å²) in [6, 6.07) is 13.6. The molecule has 1 N–H and O–H groups in total. The Labute approximate surface area is 169 Å². The van der Waals surface area contributed by atoms with Gasteiger partial charge in [0.05, 0.1) is 5.69 Å². The highest BCUT2D eigenvalue weighted by atomic mass is 32.1. The fourth-order valence-electron chi connectivity index (χ4n) is 2.73. The first-order valence-corrected chi connectivity index (χ1v) is 9.58. The van der Waals surface area contributed by atoms with Crippen molar-refractivity contribution in [2.45, 2.75) is 13.5 Å². The normalized spacial score (nSPS) is 10.8. The summed E-state index contributed by atoms with van der Waals surface area (Å²) in [5.74, 6) is -0.148. The van der Waals surface area contributed by atoms with Crippen LogP contribution in [0.4, 0.5) is 10.1 Å². The molecule has 0 aliphatic rings. The molecular weight excluding hydrogens is 393 g/mol. The molecule has 1 amide bonds. The number of hydrogen-bond acceptors (Lipinski definition) is 5. The third kappa shape index (κ3) is 4.33. The van der Waals surface area contributed by atoms with Crippen molar-refractivity contribution in [2.75, 3.05) is 5.32 Å². The highest BCUT2D eigenvalue weighted by Crippen LogP contribution is 2.18. The number of carbonyl (C=O) groups is 1. The Morgan fingerprint density at radius 2 is 1.90 bits per heavy atom. The summed E-state index contributed by atoms with van der Waals surface area (Å²) >= 11 is 1.44. The van der Waals surface area contributed by atoms with E-state index in [-0.39, 0.29) is 18.1 Å². The molecule has 2 aromatic heterocycles. The van der Waals surface area contributed by atoms with Gasteiger partial charge in [-0.3, -0.25) is 14.0 Å². The number of hydrogen-bond donors (Lipinski definition) is 1. The molecule has 0 atom stereocenters. The Balaban J connectivity index is 1.40. The van der Waals surface area contributed by atoms with E-state index in [0.29, 0.717) is 27.7 Å². The zero-order chi connectivity index (χ0) is 20.4. The first kappa shape index (κ1) is 18.8. The van der Waals surface area contributed by atoms with Gasteiger partial charge >= 0.3 is 0 Å². The van der Waals surface area contributed by atoms with Crippen molar-refractivity contribution in [1.82, 2.24) is 9.38 Å². The molecule has 146 valence electrons. The van der Waals surface area contributed by atoms with E-state index in [0.717, 1.165) is 4.88 Å². The lowest BCUT2D eigenvalue weighted by atomic mass is 10.2. The van der Waals surface area contributed by atoms with Crippen LogP contribution in [0.15, 0.2) is 65.6 Å². The number of halogens is 1. The number of fused-ring (bicyclic) bond motifs is 1. The number of rotatable bonds is 5. The molecule has 2 aromatic carbocycles. The Morgan fingerprint density at radius 3 is 2.62 bits per heavy atom. The quantitative estimate of drug-likeness (QED) is 0.540. The molecule has 2 heterocycles. The molecular formula is C21H16FN3O3S. The number of nitrogens with zero attached hydrogens (tertiary/aromatic N) is 2. The number of aryl methyl sites for hydroxylation is 1. The lowest BCUT2D eigenvalue weighted by Gasteiger charge is -2.08. The average Bonchev–Trinajstić information content (AvgIpc) is 3.09. The summed E-state index contributed by atoms with van der Waals surface area (Å²) in [5, 5.41) is 2.74. The van der Waals surface area contributed by atoms with Crippen LogP contribution in [0.1, 0.15) is 20.9 Å². The highest BCUT2D eigenvalue weighted by Gasteiger charge is 2.08. The van der Waals surface area contributed by atoms with Crippen molar-refractivity contribution in [3.05, 3.63) is 93.1 Å². The lowest BCUT2D eigenvalue weighted by molar-refractivity contribution is 0.102. The second-order valence-electron chi connectivity index (χ2n) is 6.35. The smallest absolute Gasteiger partial charge is 0.258 e. The van der Waals surface area contributed by atoms with Crippen LogP contribution in [0.2, 0.25) is 0 Å². The predicted octanol–water partition coefficient (Wildman–Crippen LogP) is 4.03. The molecule has 0 radical (unpaired) electrons. The Bertz CT molecular complexity index is 1230. The van der Waals surface area contributed by atoms with Crippen LogP contribution in [-0.4, -0.2) is 15.3 Å². The van der Waals surface area contributed by atoms with Crippen molar-refractivity contribution in [3.63, 3.8) is 0 Å². The van der Waals surface area contributed by atoms with Gasteiger partial charge in [0.25, 0.3) is 11.5 Å². The van der Waals surface area contributed by atoms with Gasteiger partial charge in [-0.15, -0.1) is 11.3 Å². The molecule has 0 saturated heterocycles. The van der Waals surface area contributed by atoms with Gasteiger partial charge < -0.3 is 10.1 Å². The summed E-state index contributed by atoms with van der Waals surface area (Å²) < 4.78 is 20.2. The van der Waals surface area contributed by atoms with Gasteiger partial charge in [0.2, 0.25) is 0 Å². The molecule has 0 spiro atoms. The number of carbonyl (C=O) groups excluding carboxylic acids is 1. The average molecular weight is 409 g/mol. The number of anilines is 1. The Hall–Kier alpha value is -3.52. The largest absolute Gasteiger partial charge is 0.487 e. The Kier molecular flexibility index (Phi) is 5.09. The fraction of sp³-hybridized carbons (Fsp3) is 0.0952. The van der Waals surface area contributed by atoms with Gasteiger partial charge in [-0.2, -0.15) is 0 Å². The molecule has 0 aliphatic carbocycles. The van der Waals surface area contributed by atoms with Crippen LogP contribution < -0.4 is 15.6 Å². The highest BCUT2D eigenvalue weighted by molar-refractivity contribution is 7.16.